The minimum atomic E-state index is -0.793. The van der Waals surface area contributed by atoms with Crippen molar-refractivity contribution < 1.29 is 9.59 Å². The van der Waals surface area contributed by atoms with E-state index >= 15 is 0 Å². The molecule has 2 amide bonds. The number of amides is 2. The van der Waals surface area contributed by atoms with Gasteiger partial charge in [-0.15, -0.1) is 0 Å². The second-order valence-corrected chi connectivity index (χ2v) is 6.09. The zero-order chi connectivity index (χ0) is 13.3. The van der Waals surface area contributed by atoms with E-state index in [2.05, 4.69) is 27.9 Å². The van der Waals surface area contributed by atoms with E-state index in [0.717, 1.165) is 9.13 Å². The topological polar surface area (TPSA) is 49.4 Å². The predicted octanol–water partition coefficient (Wildman–Crippen LogP) is 1.53. The highest BCUT2D eigenvalue weighted by molar-refractivity contribution is 14.1. The number of carbonyl (C=O) groups excluding carboxylic acids is 2. The highest BCUT2D eigenvalue weighted by Crippen LogP contribution is 2.21. The first-order chi connectivity index (χ1) is 8.41. The Kier molecular flexibility index (Phi) is 3.61. The lowest BCUT2D eigenvalue weighted by atomic mass is 9.97. The van der Waals surface area contributed by atoms with Gasteiger partial charge in [0.15, 0.2) is 0 Å². The van der Waals surface area contributed by atoms with Crippen molar-refractivity contribution in [1.82, 2.24) is 10.2 Å². The average molecular weight is 358 g/mol. The Balaban J connectivity index is 2.22. The Bertz CT molecular complexity index is 482. The van der Waals surface area contributed by atoms with Crippen molar-refractivity contribution >= 4 is 34.4 Å². The molecule has 1 fully saturated rings. The molecule has 1 aromatic rings. The van der Waals surface area contributed by atoms with Gasteiger partial charge in [0.05, 0.1) is 6.54 Å². The van der Waals surface area contributed by atoms with Crippen LogP contribution in [-0.2, 0) is 16.1 Å². The first kappa shape index (κ1) is 13.3. The Morgan fingerprint density at radius 2 is 1.89 bits per heavy atom. The molecule has 18 heavy (non-hydrogen) atoms. The van der Waals surface area contributed by atoms with Crippen LogP contribution in [-0.4, -0.2) is 28.8 Å². The molecule has 1 aliphatic rings. The van der Waals surface area contributed by atoms with Crippen LogP contribution in [0.3, 0.4) is 0 Å². The van der Waals surface area contributed by atoms with Gasteiger partial charge in [0.25, 0.3) is 0 Å². The quantitative estimate of drug-likeness (QED) is 0.816. The van der Waals surface area contributed by atoms with Crippen molar-refractivity contribution in [1.29, 1.82) is 0 Å². The minimum absolute atomic E-state index is 0.0434. The molecular weight excluding hydrogens is 343 g/mol. The lowest BCUT2D eigenvalue weighted by Gasteiger charge is -2.41. The van der Waals surface area contributed by atoms with E-state index in [9.17, 15) is 9.59 Å². The molecule has 1 heterocycles. The smallest absolute Gasteiger partial charge is 0.245 e. The summed E-state index contributed by atoms with van der Waals surface area (Å²) in [6, 6.07) is 7.96. The first-order valence-corrected chi connectivity index (χ1v) is 6.82. The SMILES string of the molecule is CC1(C)C(=O)NCC(=O)N1Cc1ccc(I)cc1. The molecule has 0 radical (unpaired) electrons. The maximum atomic E-state index is 11.9. The molecule has 1 saturated heterocycles. The van der Waals surface area contributed by atoms with Gasteiger partial charge in [-0.3, -0.25) is 9.59 Å². The number of piperazine rings is 1. The number of nitrogens with zero attached hydrogens (tertiary/aromatic N) is 1. The van der Waals surface area contributed by atoms with Crippen LogP contribution in [0.1, 0.15) is 19.4 Å². The normalized spacial score (nSPS) is 18.7. The second-order valence-electron chi connectivity index (χ2n) is 4.85. The molecule has 0 aromatic heterocycles. The van der Waals surface area contributed by atoms with Gasteiger partial charge in [-0.2, -0.15) is 0 Å². The van der Waals surface area contributed by atoms with Gasteiger partial charge in [0, 0.05) is 10.1 Å². The lowest BCUT2D eigenvalue weighted by molar-refractivity contribution is -0.152. The number of nitrogens with one attached hydrogen (secondary N) is 1. The fraction of sp³-hybridized carbons (Fsp3) is 0.385. The monoisotopic (exact) mass is 358 g/mol. The van der Waals surface area contributed by atoms with Gasteiger partial charge in [0.2, 0.25) is 11.8 Å². The zero-order valence-electron chi connectivity index (χ0n) is 10.4. The standard InChI is InChI=1S/C13H15IN2O2/c1-13(2)12(18)15-7-11(17)16(13)8-9-3-5-10(14)6-4-9/h3-6H,7-8H2,1-2H3,(H,15,18). The maximum absolute atomic E-state index is 11.9. The minimum Gasteiger partial charge on any atom is -0.345 e. The van der Waals surface area contributed by atoms with E-state index in [-0.39, 0.29) is 18.4 Å². The molecule has 5 heteroatoms. The summed E-state index contributed by atoms with van der Waals surface area (Å²) >= 11 is 2.24. The molecule has 0 aliphatic carbocycles. The summed E-state index contributed by atoms with van der Waals surface area (Å²) in [4.78, 5) is 25.4. The largest absolute Gasteiger partial charge is 0.345 e. The third kappa shape index (κ3) is 2.50. The summed E-state index contributed by atoms with van der Waals surface area (Å²) < 4.78 is 1.15. The fourth-order valence-corrected chi connectivity index (χ4v) is 2.32. The van der Waals surface area contributed by atoms with Crippen LogP contribution in [0.2, 0.25) is 0 Å². The molecular formula is C13H15IN2O2. The van der Waals surface area contributed by atoms with E-state index < -0.39 is 5.54 Å². The predicted molar refractivity (Wildman–Crippen MR) is 76.8 cm³/mol. The van der Waals surface area contributed by atoms with Crippen molar-refractivity contribution in [3.63, 3.8) is 0 Å². The number of hydrogen-bond donors (Lipinski definition) is 1. The van der Waals surface area contributed by atoms with Crippen LogP contribution in [0.5, 0.6) is 0 Å². The second kappa shape index (κ2) is 4.87. The first-order valence-electron chi connectivity index (χ1n) is 5.74. The summed E-state index contributed by atoms with van der Waals surface area (Å²) in [5.74, 6) is -0.147. The molecule has 0 bridgehead atoms. The molecule has 0 unspecified atom stereocenters. The van der Waals surface area contributed by atoms with Gasteiger partial charge < -0.3 is 10.2 Å². The van der Waals surface area contributed by atoms with Crippen LogP contribution < -0.4 is 5.32 Å². The number of halogens is 1. The Morgan fingerprint density at radius 1 is 1.28 bits per heavy atom. The highest BCUT2D eigenvalue weighted by Gasteiger charge is 2.41. The van der Waals surface area contributed by atoms with Crippen LogP contribution in [0.15, 0.2) is 24.3 Å². The molecule has 96 valence electrons. The number of benzene rings is 1. The van der Waals surface area contributed by atoms with Gasteiger partial charge in [-0.1, -0.05) is 12.1 Å². The number of rotatable bonds is 2. The fourth-order valence-electron chi connectivity index (χ4n) is 1.96. The summed E-state index contributed by atoms with van der Waals surface area (Å²) in [7, 11) is 0. The number of carbonyl (C=O) groups is 2. The Hall–Kier alpha value is -1.11. The number of hydrogen-bond acceptors (Lipinski definition) is 2. The third-order valence-electron chi connectivity index (χ3n) is 3.19. The van der Waals surface area contributed by atoms with Crippen molar-refractivity contribution in [3.05, 3.63) is 33.4 Å². The van der Waals surface area contributed by atoms with E-state index in [0.29, 0.717) is 6.54 Å². The lowest BCUT2D eigenvalue weighted by Crippen LogP contribution is -2.63. The Labute approximate surface area is 120 Å². The van der Waals surface area contributed by atoms with Gasteiger partial charge in [-0.05, 0) is 54.1 Å². The summed E-state index contributed by atoms with van der Waals surface area (Å²) in [6.45, 7) is 4.10. The Morgan fingerprint density at radius 3 is 2.50 bits per heavy atom. The van der Waals surface area contributed by atoms with E-state index in [1.165, 1.54) is 0 Å². The van der Waals surface area contributed by atoms with Crippen molar-refractivity contribution in [2.75, 3.05) is 6.54 Å². The molecule has 0 atom stereocenters. The van der Waals surface area contributed by atoms with Gasteiger partial charge in [-0.25, -0.2) is 0 Å². The van der Waals surface area contributed by atoms with E-state index in [1.54, 1.807) is 18.7 Å². The molecule has 1 N–H and O–H groups in total. The van der Waals surface area contributed by atoms with Crippen molar-refractivity contribution in [2.24, 2.45) is 0 Å². The summed E-state index contributed by atoms with van der Waals surface area (Å²) in [6.07, 6.45) is 0. The average Bonchev–Trinajstić information content (AvgIpc) is 2.32. The van der Waals surface area contributed by atoms with Crippen molar-refractivity contribution in [3.8, 4) is 0 Å². The molecule has 1 aliphatic heterocycles. The third-order valence-corrected chi connectivity index (χ3v) is 3.90. The summed E-state index contributed by atoms with van der Waals surface area (Å²) in [5.41, 5.74) is 0.241. The molecule has 0 saturated carbocycles. The van der Waals surface area contributed by atoms with E-state index in [1.807, 2.05) is 24.3 Å². The zero-order valence-corrected chi connectivity index (χ0v) is 12.5. The van der Waals surface area contributed by atoms with Gasteiger partial charge in [0.1, 0.15) is 5.54 Å². The highest BCUT2D eigenvalue weighted by atomic mass is 127. The van der Waals surface area contributed by atoms with Crippen LogP contribution >= 0.6 is 22.6 Å². The summed E-state index contributed by atoms with van der Waals surface area (Å²) in [5, 5.41) is 2.62. The molecule has 0 spiro atoms. The molecule has 2 rings (SSSR count). The maximum Gasteiger partial charge on any atom is 0.245 e. The van der Waals surface area contributed by atoms with Crippen LogP contribution in [0.25, 0.3) is 0 Å². The molecule has 1 aromatic carbocycles. The van der Waals surface area contributed by atoms with Crippen LogP contribution in [0.4, 0.5) is 0 Å². The molecule has 4 nitrogen and oxygen atoms in total. The van der Waals surface area contributed by atoms with E-state index in [4.69, 9.17) is 0 Å². The van der Waals surface area contributed by atoms with Crippen molar-refractivity contribution in [2.45, 2.75) is 25.9 Å². The van der Waals surface area contributed by atoms with Gasteiger partial charge >= 0.3 is 0 Å². The van der Waals surface area contributed by atoms with Crippen LogP contribution in [0, 0.1) is 3.57 Å².